The number of methoxy groups -OCH3 is 1. The number of benzene rings is 1. The fourth-order valence-corrected chi connectivity index (χ4v) is 1.91. The Balaban J connectivity index is 3.53. The maximum atomic E-state index is 11.3. The third kappa shape index (κ3) is 2.92. The third-order valence-corrected chi connectivity index (χ3v) is 2.81. The summed E-state index contributed by atoms with van der Waals surface area (Å²) in [4.78, 5) is 22.1. The van der Waals surface area contributed by atoms with E-state index in [9.17, 15) is 18.0 Å². The molecule has 0 fully saturated rings. The van der Waals surface area contributed by atoms with Crippen LogP contribution in [0.25, 0.3) is 0 Å². The van der Waals surface area contributed by atoms with Crippen molar-refractivity contribution in [3.63, 3.8) is 0 Å². The predicted molar refractivity (Wildman–Crippen MR) is 62.3 cm³/mol. The van der Waals surface area contributed by atoms with Crippen LogP contribution in [0, 0.1) is 0 Å². The lowest BCUT2D eigenvalue weighted by Gasteiger charge is -2.06. The average molecular weight is 275 g/mol. The Hall–Kier alpha value is -1.66. The monoisotopic (exact) mass is 274 g/mol. The number of rotatable bonds is 3. The van der Waals surface area contributed by atoms with E-state index >= 15 is 0 Å². The van der Waals surface area contributed by atoms with Gasteiger partial charge in [-0.3, -0.25) is 4.79 Å². The van der Waals surface area contributed by atoms with Crippen LogP contribution in [0.5, 0.6) is 0 Å². The third-order valence-electron chi connectivity index (χ3n) is 1.96. The molecule has 5 nitrogen and oxygen atoms in total. The van der Waals surface area contributed by atoms with Gasteiger partial charge in [-0.2, -0.15) is 8.42 Å². The minimum Gasteiger partial charge on any atom is -0.465 e. The van der Waals surface area contributed by atoms with Gasteiger partial charge < -0.3 is 4.74 Å². The van der Waals surface area contributed by atoms with Crippen LogP contribution in [0.15, 0.2) is 12.1 Å². The van der Waals surface area contributed by atoms with E-state index in [1.54, 1.807) is 0 Å². The second kappa shape index (κ2) is 5.60. The van der Waals surface area contributed by atoms with Crippen LogP contribution < -0.4 is 0 Å². The summed E-state index contributed by atoms with van der Waals surface area (Å²) in [5.41, 5.74) is 0.0508. The molecule has 0 aliphatic heterocycles. The molecule has 0 heterocycles. The van der Waals surface area contributed by atoms with Gasteiger partial charge >= 0.3 is 5.97 Å². The number of ether oxygens (including phenoxy) is 1. The van der Waals surface area contributed by atoms with Crippen molar-refractivity contribution in [2.24, 2.45) is 0 Å². The zero-order valence-electron chi connectivity index (χ0n) is 8.64. The highest BCUT2D eigenvalue weighted by Crippen LogP contribution is 2.23. The summed E-state index contributed by atoms with van der Waals surface area (Å²) in [6.07, 6.45) is 0.382. The highest BCUT2D eigenvalue weighted by molar-refractivity contribution is 7.71. The second-order valence-electron chi connectivity index (χ2n) is 2.92. The molecule has 1 aromatic rings. The summed E-state index contributed by atoms with van der Waals surface area (Å²) in [6, 6.07) is 2.59. The van der Waals surface area contributed by atoms with Crippen LogP contribution in [0.2, 0.25) is 5.02 Å². The summed E-state index contributed by atoms with van der Waals surface area (Å²) in [6.45, 7) is 0. The molecular weight excluding hydrogens is 268 g/mol. The Labute approximate surface area is 103 Å². The first-order valence-electron chi connectivity index (χ1n) is 4.30. The van der Waals surface area contributed by atoms with Gasteiger partial charge in [-0.1, -0.05) is 17.7 Å². The molecule has 0 aliphatic rings. The number of halogens is 1. The number of carbonyl (C=O) groups excluding carboxylic acids is 2. The van der Waals surface area contributed by atoms with E-state index in [1.807, 2.05) is 0 Å². The van der Waals surface area contributed by atoms with Crippen molar-refractivity contribution < 1.29 is 22.7 Å². The molecule has 0 spiro atoms. The van der Waals surface area contributed by atoms with Crippen LogP contribution in [0.1, 0.15) is 26.3 Å². The first kappa shape index (κ1) is 13.4. The molecule has 0 amide bonds. The van der Waals surface area contributed by atoms with Crippen LogP contribution in [0.3, 0.4) is 0 Å². The molecule has 0 bridgehead atoms. The van der Waals surface area contributed by atoms with E-state index in [4.69, 9.17) is 11.6 Å². The molecule has 7 heteroatoms. The van der Waals surface area contributed by atoms with Crippen LogP contribution in [-0.4, -0.2) is 33.2 Å². The average Bonchev–Trinajstić information content (AvgIpc) is 2.28. The molecule has 0 saturated carbocycles. The maximum Gasteiger partial charge on any atom is 0.339 e. The van der Waals surface area contributed by atoms with Gasteiger partial charge in [0.2, 0.25) is 10.3 Å². The van der Waals surface area contributed by atoms with Gasteiger partial charge in [0, 0.05) is 11.1 Å². The van der Waals surface area contributed by atoms with Gasteiger partial charge in [-0.25, -0.2) is 4.79 Å². The minimum absolute atomic E-state index is 0.00472. The molecule has 0 N–H and O–H groups in total. The predicted octanol–water partition coefficient (Wildman–Crippen LogP) is 0.969. The first-order valence-corrected chi connectivity index (χ1v) is 5.81. The Kier molecular flexibility index (Phi) is 4.42. The van der Waals surface area contributed by atoms with Gasteiger partial charge in [0.1, 0.15) is 0 Å². The molecule has 90 valence electrons. The van der Waals surface area contributed by atoms with Gasteiger partial charge in [0.15, 0.2) is 6.29 Å². The number of esters is 1. The molecule has 17 heavy (non-hydrogen) atoms. The maximum absolute atomic E-state index is 11.3. The van der Waals surface area contributed by atoms with Crippen molar-refractivity contribution in [1.82, 2.24) is 0 Å². The fraction of sp³-hybridized carbons (Fsp3) is 0.100. The van der Waals surface area contributed by atoms with Gasteiger partial charge in [0.05, 0.1) is 23.1 Å². The topological polar surface area (TPSA) is 77.5 Å². The number of carbonyl (C=O) groups is 2. The molecule has 0 aromatic heterocycles. The summed E-state index contributed by atoms with van der Waals surface area (Å²) < 4.78 is 25.5. The first-order chi connectivity index (χ1) is 8.01. The summed E-state index contributed by atoms with van der Waals surface area (Å²) >= 11 is 5.82. The van der Waals surface area contributed by atoms with Gasteiger partial charge in [0.25, 0.3) is 0 Å². The molecule has 0 unspecified atom stereocenters. The number of hydrogen-bond donors (Lipinski definition) is 0. The fourth-order valence-electron chi connectivity index (χ4n) is 1.20. The molecule has 0 atom stereocenters. The zero-order chi connectivity index (χ0) is 13.0. The van der Waals surface area contributed by atoms with Gasteiger partial charge in [-0.05, 0) is 6.07 Å². The van der Waals surface area contributed by atoms with Crippen molar-refractivity contribution in [1.29, 1.82) is 0 Å². The van der Waals surface area contributed by atoms with Crippen molar-refractivity contribution in [2.75, 3.05) is 7.11 Å². The van der Waals surface area contributed by atoms with Crippen molar-refractivity contribution in [3.8, 4) is 0 Å². The Morgan fingerprint density at radius 3 is 2.53 bits per heavy atom. The van der Waals surface area contributed by atoms with Crippen LogP contribution >= 0.6 is 11.6 Å². The minimum atomic E-state index is -2.46. The SMILES string of the molecule is COC(=O)c1ccc(C=S(=O)=O)c(C=O)c1Cl. The molecule has 1 aromatic carbocycles. The van der Waals surface area contributed by atoms with E-state index < -0.39 is 16.3 Å². The number of hydrogen-bond acceptors (Lipinski definition) is 5. The summed E-state index contributed by atoms with van der Waals surface area (Å²) in [7, 11) is -1.29. The largest absolute Gasteiger partial charge is 0.465 e. The zero-order valence-corrected chi connectivity index (χ0v) is 10.2. The quantitative estimate of drug-likeness (QED) is 0.466. The van der Waals surface area contributed by atoms with E-state index in [0.717, 1.165) is 5.37 Å². The lowest BCUT2D eigenvalue weighted by atomic mass is 10.1. The van der Waals surface area contributed by atoms with E-state index in [1.165, 1.54) is 19.2 Å². The van der Waals surface area contributed by atoms with E-state index in [-0.39, 0.29) is 21.7 Å². The number of aldehydes is 1. The van der Waals surface area contributed by atoms with Crippen LogP contribution in [-0.2, 0) is 15.0 Å². The van der Waals surface area contributed by atoms with Crippen molar-refractivity contribution >= 4 is 39.5 Å². The highest BCUT2D eigenvalue weighted by Gasteiger charge is 2.16. The van der Waals surface area contributed by atoms with Crippen molar-refractivity contribution in [2.45, 2.75) is 0 Å². The molecular formula is C10H7ClO5S. The lowest BCUT2D eigenvalue weighted by molar-refractivity contribution is 0.0601. The van der Waals surface area contributed by atoms with E-state index in [2.05, 4.69) is 4.74 Å². The Morgan fingerprint density at radius 2 is 2.06 bits per heavy atom. The molecule has 0 saturated heterocycles. The Bertz CT molecular complexity index is 595. The van der Waals surface area contributed by atoms with Gasteiger partial charge in [-0.15, -0.1) is 0 Å². The lowest BCUT2D eigenvalue weighted by Crippen LogP contribution is -2.05. The molecule has 0 radical (unpaired) electrons. The molecule has 1 rings (SSSR count). The molecule has 0 aliphatic carbocycles. The smallest absolute Gasteiger partial charge is 0.339 e. The van der Waals surface area contributed by atoms with Crippen molar-refractivity contribution in [3.05, 3.63) is 33.8 Å². The van der Waals surface area contributed by atoms with Crippen LogP contribution in [0.4, 0.5) is 0 Å². The summed E-state index contributed by atoms with van der Waals surface area (Å²) in [5, 5.41) is 0.697. The van der Waals surface area contributed by atoms with E-state index in [0.29, 0.717) is 6.29 Å². The normalized spacial score (nSPS) is 9.53. The summed E-state index contributed by atoms with van der Waals surface area (Å²) in [5.74, 6) is -0.701. The standard InChI is InChI=1S/C10H7ClO5S/c1-16-10(13)7-3-2-6(5-17(14)15)8(4-12)9(7)11/h2-5H,1H3. The highest BCUT2D eigenvalue weighted by atomic mass is 35.5. The Morgan fingerprint density at radius 1 is 1.41 bits per heavy atom. The second-order valence-corrected chi connectivity index (χ2v) is 4.05.